The van der Waals surface area contributed by atoms with Crippen molar-refractivity contribution in [2.24, 2.45) is 0 Å². The van der Waals surface area contributed by atoms with Crippen LogP contribution in [0.3, 0.4) is 0 Å². The second kappa shape index (κ2) is 6.15. The van der Waals surface area contributed by atoms with Gasteiger partial charge in [-0.15, -0.1) is 0 Å². The maximum absolute atomic E-state index is 13.4. The van der Waals surface area contributed by atoms with Crippen LogP contribution in [0.25, 0.3) is 0 Å². The van der Waals surface area contributed by atoms with E-state index in [0.717, 1.165) is 37.8 Å². The molecule has 112 valence electrons. The molecule has 0 spiro atoms. The molecule has 2 aliphatic rings. The van der Waals surface area contributed by atoms with Gasteiger partial charge in [0, 0.05) is 24.2 Å². The number of piperidine rings is 1. The standard InChI is InChI=1S/C17H20FNO2/c18-14-4-3-13(12(8-14)2-1-7-20)11-19-15-5-6-16(19)10-17(21)9-15/h3-4,8,15-17,20-21H,5-7,9-11H2. The lowest BCUT2D eigenvalue weighted by Crippen LogP contribution is -2.44. The van der Waals surface area contributed by atoms with E-state index in [0.29, 0.717) is 17.6 Å². The van der Waals surface area contributed by atoms with Crippen LogP contribution >= 0.6 is 0 Å². The Balaban J connectivity index is 1.82. The largest absolute Gasteiger partial charge is 0.393 e. The van der Waals surface area contributed by atoms with E-state index in [4.69, 9.17) is 5.11 Å². The van der Waals surface area contributed by atoms with Gasteiger partial charge in [-0.05, 0) is 43.4 Å². The van der Waals surface area contributed by atoms with Crippen LogP contribution in [-0.2, 0) is 6.54 Å². The maximum Gasteiger partial charge on any atom is 0.124 e. The summed E-state index contributed by atoms with van der Waals surface area (Å²) in [5, 5.41) is 18.7. The molecule has 3 rings (SSSR count). The van der Waals surface area contributed by atoms with Gasteiger partial charge in [0.1, 0.15) is 12.4 Å². The fourth-order valence-electron chi connectivity index (χ4n) is 3.64. The third-order valence-corrected chi connectivity index (χ3v) is 4.59. The van der Waals surface area contributed by atoms with Crippen LogP contribution in [0.2, 0.25) is 0 Å². The number of halogens is 1. The highest BCUT2D eigenvalue weighted by Crippen LogP contribution is 2.37. The maximum atomic E-state index is 13.4. The summed E-state index contributed by atoms with van der Waals surface area (Å²) in [6, 6.07) is 5.50. The van der Waals surface area contributed by atoms with Gasteiger partial charge >= 0.3 is 0 Å². The van der Waals surface area contributed by atoms with E-state index in [1.54, 1.807) is 6.07 Å². The third-order valence-electron chi connectivity index (χ3n) is 4.59. The van der Waals surface area contributed by atoms with Crippen LogP contribution in [0, 0.1) is 17.7 Å². The average molecular weight is 289 g/mol. The van der Waals surface area contributed by atoms with Crippen LogP contribution in [-0.4, -0.2) is 39.9 Å². The highest BCUT2D eigenvalue weighted by Gasteiger charge is 2.40. The lowest BCUT2D eigenvalue weighted by atomic mass is 9.98. The Kier molecular flexibility index (Phi) is 4.25. The average Bonchev–Trinajstić information content (AvgIpc) is 2.69. The first-order valence-electron chi connectivity index (χ1n) is 7.49. The van der Waals surface area contributed by atoms with E-state index in [9.17, 15) is 9.50 Å². The normalized spacial score (nSPS) is 28.2. The lowest BCUT2D eigenvalue weighted by molar-refractivity contribution is 0.0310. The zero-order chi connectivity index (χ0) is 14.8. The number of fused-ring (bicyclic) bond motifs is 2. The molecule has 3 nitrogen and oxygen atoms in total. The van der Waals surface area contributed by atoms with E-state index in [2.05, 4.69) is 16.7 Å². The van der Waals surface area contributed by atoms with Gasteiger partial charge in [-0.25, -0.2) is 4.39 Å². The minimum absolute atomic E-state index is 0.180. The Morgan fingerprint density at radius 1 is 1.24 bits per heavy atom. The molecule has 1 aromatic carbocycles. The zero-order valence-corrected chi connectivity index (χ0v) is 11.9. The van der Waals surface area contributed by atoms with Gasteiger partial charge in [-0.2, -0.15) is 0 Å². The fourth-order valence-corrected chi connectivity index (χ4v) is 3.64. The van der Waals surface area contributed by atoms with E-state index in [1.807, 2.05) is 0 Å². The molecule has 0 aliphatic carbocycles. The first-order chi connectivity index (χ1) is 10.2. The van der Waals surface area contributed by atoms with Gasteiger partial charge < -0.3 is 10.2 Å². The molecule has 0 amide bonds. The number of hydrogen-bond donors (Lipinski definition) is 2. The Morgan fingerprint density at radius 2 is 1.95 bits per heavy atom. The van der Waals surface area contributed by atoms with Gasteiger partial charge in [-0.3, -0.25) is 4.90 Å². The molecule has 2 saturated heterocycles. The molecule has 2 atom stereocenters. The summed E-state index contributed by atoms with van der Waals surface area (Å²) in [6.45, 7) is 0.509. The second-order valence-electron chi connectivity index (χ2n) is 5.94. The monoisotopic (exact) mass is 289 g/mol. The molecule has 0 saturated carbocycles. The molecule has 0 aromatic heterocycles. The van der Waals surface area contributed by atoms with Crippen molar-refractivity contribution in [3.05, 3.63) is 35.1 Å². The molecular weight excluding hydrogens is 269 g/mol. The Morgan fingerprint density at radius 3 is 2.62 bits per heavy atom. The van der Waals surface area contributed by atoms with Gasteiger partial charge in [0.15, 0.2) is 0 Å². The predicted molar refractivity (Wildman–Crippen MR) is 78.0 cm³/mol. The van der Waals surface area contributed by atoms with Gasteiger partial charge in [-0.1, -0.05) is 17.9 Å². The second-order valence-corrected chi connectivity index (χ2v) is 5.94. The van der Waals surface area contributed by atoms with Crippen molar-refractivity contribution in [1.29, 1.82) is 0 Å². The molecule has 2 bridgehead atoms. The van der Waals surface area contributed by atoms with Crippen LogP contribution in [0.15, 0.2) is 18.2 Å². The van der Waals surface area contributed by atoms with Crippen molar-refractivity contribution < 1.29 is 14.6 Å². The van der Waals surface area contributed by atoms with Crippen molar-refractivity contribution in [1.82, 2.24) is 4.90 Å². The zero-order valence-electron chi connectivity index (χ0n) is 11.9. The third kappa shape index (κ3) is 3.11. The molecule has 21 heavy (non-hydrogen) atoms. The summed E-state index contributed by atoms with van der Waals surface area (Å²) in [4.78, 5) is 2.42. The SMILES string of the molecule is OCC#Cc1cc(F)ccc1CN1C2CCC1CC(O)C2. The Labute approximate surface area is 124 Å². The molecule has 2 aliphatic heterocycles. The van der Waals surface area contributed by atoms with E-state index in [1.165, 1.54) is 12.1 Å². The Bertz CT molecular complexity index is 564. The lowest BCUT2D eigenvalue weighted by Gasteiger charge is -2.37. The summed E-state index contributed by atoms with van der Waals surface area (Å²) < 4.78 is 13.4. The van der Waals surface area contributed by atoms with E-state index < -0.39 is 0 Å². The number of nitrogens with zero attached hydrogens (tertiary/aromatic N) is 1. The van der Waals surface area contributed by atoms with Gasteiger partial charge in [0.05, 0.1) is 6.10 Å². The summed E-state index contributed by atoms with van der Waals surface area (Å²) in [6.07, 6.45) is 3.73. The smallest absolute Gasteiger partial charge is 0.124 e. The molecule has 2 heterocycles. The first-order valence-corrected chi connectivity index (χ1v) is 7.49. The van der Waals surface area contributed by atoms with Crippen LogP contribution in [0.1, 0.15) is 36.8 Å². The van der Waals surface area contributed by atoms with Crippen molar-refractivity contribution in [3.63, 3.8) is 0 Å². The molecule has 2 fully saturated rings. The molecule has 0 radical (unpaired) electrons. The summed E-state index contributed by atoms with van der Waals surface area (Å²) in [5.41, 5.74) is 1.64. The summed E-state index contributed by atoms with van der Waals surface area (Å²) in [7, 11) is 0. The predicted octanol–water partition coefficient (Wildman–Crippen LogP) is 1.66. The van der Waals surface area contributed by atoms with Crippen LogP contribution < -0.4 is 0 Å². The number of aliphatic hydroxyl groups is 2. The molecular formula is C17H20FNO2. The molecule has 2 N–H and O–H groups in total. The quantitative estimate of drug-likeness (QED) is 0.814. The minimum atomic E-state index is -0.307. The van der Waals surface area contributed by atoms with Crippen LogP contribution in [0.5, 0.6) is 0 Å². The number of benzene rings is 1. The topological polar surface area (TPSA) is 43.7 Å². The fraction of sp³-hybridized carbons (Fsp3) is 0.529. The highest BCUT2D eigenvalue weighted by molar-refractivity contribution is 5.42. The molecule has 4 heteroatoms. The van der Waals surface area contributed by atoms with Crippen molar-refractivity contribution in [2.75, 3.05) is 6.61 Å². The summed E-state index contributed by atoms with van der Waals surface area (Å²) >= 11 is 0. The number of rotatable bonds is 2. The van der Waals surface area contributed by atoms with Gasteiger partial charge in [0.25, 0.3) is 0 Å². The van der Waals surface area contributed by atoms with Gasteiger partial charge in [0.2, 0.25) is 0 Å². The van der Waals surface area contributed by atoms with E-state index in [-0.39, 0.29) is 18.5 Å². The summed E-state index contributed by atoms with van der Waals surface area (Å²) in [5.74, 6) is 5.12. The highest BCUT2D eigenvalue weighted by atomic mass is 19.1. The Hall–Kier alpha value is -1.41. The van der Waals surface area contributed by atoms with Crippen molar-refractivity contribution >= 4 is 0 Å². The van der Waals surface area contributed by atoms with E-state index >= 15 is 0 Å². The van der Waals surface area contributed by atoms with Crippen molar-refractivity contribution in [2.45, 2.75) is 50.4 Å². The molecule has 2 unspecified atom stereocenters. The number of hydrogen-bond acceptors (Lipinski definition) is 3. The minimum Gasteiger partial charge on any atom is -0.393 e. The van der Waals surface area contributed by atoms with Crippen LogP contribution in [0.4, 0.5) is 4.39 Å². The number of aliphatic hydroxyl groups excluding tert-OH is 2. The first kappa shape index (κ1) is 14.5. The molecule has 1 aromatic rings. The van der Waals surface area contributed by atoms with Crippen molar-refractivity contribution in [3.8, 4) is 11.8 Å².